The highest BCUT2D eigenvalue weighted by molar-refractivity contribution is 8.15. The smallest absolute Gasteiger partial charge is 0.338 e. The molecule has 3 rings (SSSR count). The number of aliphatic imine (C=N–C) groups is 1. The molecule has 1 heterocycles. The standard InChI is InChI=1S/C23H25N3O4S/c1-13(2)30-22(29)16-6-9-17(10-7-16)24-21(28)19-12-20(27)26-23(31-19)25-18-8-5-14(3)15(4)11-18/h5-11,13,19H,12H2,1-4H3,(H,24,28)(H,25,26,27)/t19-/m1/s1. The monoisotopic (exact) mass is 439 g/mol. The number of nitrogens with zero attached hydrogens (tertiary/aromatic N) is 1. The van der Waals surface area contributed by atoms with Crippen molar-refractivity contribution in [1.82, 2.24) is 5.32 Å². The van der Waals surface area contributed by atoms with Gasteiger partial charge in [-0.05, 0) is 75.2 Å². The molecular weight excluding hydrogens is 414 g/mol. The van der Waals surface area contributed by atoms with Crippen molar-refractivity contribution in [3.05, 3.63) is 59.2 Å². The van der Waals surface area contributed by atoms with Crippen LogP contribution in [0, 0.1) is 13.8 Å². The van der Waals surface area contributed by atoms with E-state index in [1.165, 1.54) is 11.8 Å². The van der Waals surface area contributed by atoms with Crippen LogP contribution in [0.3, 0.4) is 0 Å². The number of aryl methyl sites for hydroxylation is 2. The molecule has 0 unspecified atom stereocenters. The van der Waals surface area contributed by atoms with Gasteiger partial charge in [-0.15, -0.1) is 0 Å². The van der Waals surface area contributed by atoms with Crippen LogP contribution in [-0.2, 0) is 14.3 Å². The summed E-state index contributed by atoms with van der Waals surface area (Å²) in [5, 5.41) is 5.31. The van der Waals surface area contributed by atoms with E-state index in [0.717, 1.165) is 16.8 Å². The fourth-order valence-electron chi connectivity index (χ4n) is 2.85. The first-order chi connectivity index (χ1) is 14.7. The van der Waals surface area contributed by atoms with Gasteiger partial charge in [-0.2, -0.15) is 0 Å². The molecular formula is C23H25N3O4S. The van der Waals surface area contributed by atoms with E-state index in [0.29, 0.717) is 16.4 Å². The summed E-state index contributed by atoms with van der Waals surface area (Å²) in [6.45, 7) is 7.57. The van der Waals surface area contributed by atoms with Crippen LogP contribution < -0.4 is 10.6 Å². The van der Waals surface area contributed by atoms with E-state index in [-0.39, 0.29) is 24.3 Å². The lowest BCUT2D eigenvalue weighted by atomic mass is 10.1. The van der Waals surface area contributed by atoms with Gasteiger partial charge in [-0.3, -0.25) is 9.59 Å². The zero-order chi connectivity index (χ0) is 22.5. The second-order valence-corrected chi connectivity index (χ2v) is 8.76. The third-order valence-electron chi connectivity index (χ3n) is 4.62. The van der Waals surface area contributed by atoms with Crippen molar-refractivity contribution in [3.63, 3.8) is 0 Å². The summed E-state index contributed by atoms with van der Waals surface area (Å²) in [6, 6.07) is 12.2. The molecule has 0 bridgehead atoms. The molecule has 162 valence electrons. The van der Waals surface area contributed by atoms with Gasteiger partial charge in [0.2, 0.25) is 11.8 Å². The first kappa shape index (κ1) is 22.6. The van der Waals surface area contributed by atoms with Crippen LogP contribution in [0.2, 0.25) is 0 Å². The molecule has 0 radical (unpaired) electrons. The zero-order valence-electron chi connectivity index (χ0n) is 17.9. The number of benzene rings is 2. The third-order valence-corrected chi connectivity index (χ3v) is 5.70. The SMILES string of the molecule is Cc1ccc(N=C2NC(=O)C[C@H](C(=O)Nc3ccc(C(=O)OC(C)C)cc3)S2)cc1C. The minimum Gasteiger partial charge on any atom is -0.459 e. The number of thioether (sulfide) groups is 1. The van der Waals surface area contributed by atoms with E-state index in [2.05, 4.69) is 15.6 Å². The molecule has 31 heavy (non-hydrogen) atoms. The minimum atomic E-state index is -0.607. The predicted molar refractivity (Wildman–Crippen MR) is 123 cm³/mol. The van der Waals surface area contributed by atoms with Gasteiger partial charge in [0, 0.05) is 12.1 Å². The van der Waals surface area contributed by atoms with Crippen molar-refractivity contribution in [1.29, 1.82) is 0 Å². The molecule has 1 fully saturated rings. The Bertz CT molecular complexity index is 1030. The highest BCUT2D eigenvalue weighted by Crippen LogP contribution is 2.26. The Morgan fingerprint density at radius 1 is 1.13 bits per heavy atom. The van der Waals surface area contributed by atoms with Crippen molar-refractivity contribution in [2.45, 2.75) is 45.5 Å². The summed E-state index contributed by atoms with van der Waals surface area (Å²) in [6.07, 6.45) is -0.151. The molecule has 7 nitrogen and oxygen atoms in total. The summed E-state index contributed by atoms with van der Waals surface area (Å²) in [4.78, 5) is 41.2. The fraction of sp³-hybridized carbons (Fsp3) is 0.304. The first-order valence-corrected chi connectivity index (χ1v) is 10.8. The molecule has 8 heteroatoms. The average Bonchev–Trinajstić information content (AvgIpc) is 2.70. The van der Waals surface area contributed by atoms with Crippen LogP contribution in [0.1, 0.15) is 41.8 Å². The Morgan fingerprint density at radius 3 is 2.48 bits per heavy atom. The van der Waals surface area contributed by atoms with Crippen LogP contribution >= 0.6 is 11.8 Å². The number of hydrogen-bond acceptors (Lipinski definition) is 6. The summed E-state index contributed by atoms with van der Waals surface area (Å²) in [7, 11) is 0. The van der Waals surface area contributed by atoms with Crippen molar-refractivity contribution >= 4 is 46.1 Å². The van der Waals surface area contributed by atoms with Crippen LogP contribution in [0.25, 0.3) is 0 Å². The molecule has 2 aromatic carbocycles. The van der Waals surface area contributed by atoms with Gasteiger partial charge >= 0.3 is 5.97 Å². The number of anilines is 1. The van der Waals surface area contributed by atoms with Crippen LogP contribution in [0.5, 0.6) is 0 Å². The van der Waals surface area contributed by atoms with Crippen LogP contribution in [0.15, 0.2) is 47.5 Å². The van der Waals surface area contributed by atoms with E-state index in [9.17, 15) is 14.4 Å². The zero-order valence-corrected chi connectivity index (χ0v) is 18.7. The van der Waals surface area contributed by atoms with Crippen LogP contribution in [0.4, 0.5) is 11.4 Å². The lowest BCUT2D eigenvalue weighted by molar-refractivity contribution is -0.123. The molecule has 0 spiro atoms. The number of esters is 1. The Morgan fingerprint density at radius 2 is 1.84 bits per heavy atom. The van der Waals surface area contributed by atoms with Gasteiger partial charge in [-0.25, -0.2) is 9.79 Å². The van der Waals surface area contributed by atoms with E-state index in [1.807, 2.05) is 32.0 Å². The lowest BCUT2D eigenvalue weighted by Crippen LogP contribution is -2.41. The molecule has 1 aliphatic rings. The molecule has 0 aliphatic carbocycles. The maximum absolute atomic E-state index is 12.7. The normalized spacial score (nSPS) is 17.4. The summed E-state index contributed by atoms with van der Waals surface area (Å²) >= 11 is 1.21. The maximum atomic E-state index is 12.7. The fourth-order valence-corrected chi connectivity index (χ4v) is 3.85. The van der Waals surface area contributed by atoms with Crippen molar-refractivity contribution in [2.24, 2.45) is 4.99 Å². The summed E-state index contributed by atoms with van der Waals surface area (Å²) < 4.78 is 5.15. The van der Waals surface area contributed by atoms with Gasteiger partial charge in [0.05, 0.1) is 17.4 Å². The van der Waals surface area contributed by atoms with Gasteiger partial charge in [-0.1, -0.05) is 17.8 Å². The van der Waals surface area contributed by atoms with Crippen molar-refractivity contribution in [2.75, 3.05) is 5.32 Å². The lowest BCUT2D eigenvalue weighted by Gasteiger charge is -2.22. The highest BCUT2D eigenvalue weighted by atomic mass is 32.2. The number of amidine groups is 1. The van der Waals surface area contributed by atoms with Crippen molar-refractivity contribution in [3.8, 4) is 0 Å². The third kappa shape index (κ3) is 6.18. The topological polar surface area (TPSA) is 96.9 Å². The van der Waals surface area contributed by atoms with Gasteiger partial charge in [0.15, 0.2) is 5.17 Å². The molecule has 0 saturated carbocycles. The van der Waals surface area contributed by atoms with E-state index in [1.54, 1.807) is 38.1 Å². The molecule has 1 atom stereocenters. The number of ether oxygens (including phenoxy) is 1. The molecule has 2 N–H and O–H groups in total. The number of rotatable bonds is 5. The number of carbonyl (C=O) groups is 3. The van der Waals surface area contributed by atoms with E-state index < -0.39 is 11.2 Å². The second kappa shape index (κ2) is 9.78. The molecule has 1 aliphatic heterocycles. The van der Waals surface area contributed by atoms with Crippen molar-refractivity contribution < 1.29 is 19.1 Å². The van der Waals surface area contributed by atoms with Crippen LogP contribution in [-0.4, -0.2) is 34.3 Å². The largest absolute Gasteiger partial charge is 0.459 e. The summed E-state index contributed by atoms with van der Waals surface area (Å²) in [5.74, 6) is -0.974. The van der Waals surface area contributed by atoms with Gasteiger partial charge in [0.25, 0.3) is 0 Å². The van der Waals surface area contributed by atoms with E-state index >= 15 is 0 Å². The second-order valence-electron chi connectivity index (χ2n) is 7.56. The number of carbonyl (C=O) groups excluding carboxylic acids is 3. The number of nitrogens with one attached hydrogen (secondary N) is 2. The van der Waals surface area contributed by atoms with E-state index in [4.69, 9.17) is 4.74 Å². The number of hydrogen-bond donors (Lipinski definition) is 2. The summed E-state index contributed by atoms with van der Waals surface area (Å²) in [5.41, 5.74) is 3.91. The molecule has 2 aromatic rings. The first-order valence-electron chi connectivity index (χ1n) is 9.95. The molecule has 0 aromatic heterocycles. The molecule has 1 saturated heterocycles. The van der Waals surface area contributed by atoms with Gasteiger partial charge in [0.1, 0.15) is 5.25 Å². The highest BCUT2D eigenvalue weighted by Gasteiger charge is 2.30. The predicted octanol–water partition coefficient (Wildman–Crippen LogP) is 4.12. The molecule has 2 amide bonds. The Balaban J connectivity index is 1.67. The average molecular weight is 440 g/mol. The number of amides is 2. The quantitative estimate of drug-likeness (QED) is 0.683. The minimum absolute atomic E-state index is 0.0568. The Hall–Kier alpha value is -3.13. The Labute approximate surface area is 185 Å². The van der Waals surface area contributed by atoms with Gasteiger partial charge < -0.3 is 15.4 Å². The Kier molecular flexibility index (Phi) is 7.12. The maximum Gasteiger partial charge on any atom is 0.338 e.